The van der Waals surface area contributed by atoms with Crippen LogP contribution < -0.4 is 24.3 Å². The van der Waals surface area contributed by atoms with E-state index in [2.05, 4.69) is 5.32 Å². The minimum atomic E-state index is -0.568. The summed E-state index contributed by atoms with van der Waals surface area (Å²) in [4.78, 5) is 12.5. The van der Waals surface area contributed by atoms with Gasteiger partial charge in [0.2, 0.25) is 0 Å². The quantitative estimate of drug-likeness (QED) is 0.691. The van der Waals surface area contributed by atoms with Crippen LogP contribution in [0.15, 0.2) is 48.5 Å². The van der Waals surface area contributed by atoms with Crippen molar-refractivity contribution in [3.63, 3.8) is 0 Å². The van der Waals surface area contributed by atoms with Crippen molar-refractivity contribution in [1.82, 2.24) is 5.32 Å². The van der Waals surface area contributed by atoms with Crippen LogP contribution in [0.1, 0.15) is 20.3 Å². The third-order valence-corrected chi connectivity index (χ3v) is 3.95. The van der Waals surface area contributed by atoms with E-state index in [4.69, 9.17) is 18.9 Å². The Balaban J connectivity index is 1.82. The normalized spacial score (nSPS) is 12.6. The first kappa shape index (κ1) is 20.4. The summed E-state index contributed by atoms with van der Waals surface area (Å²) in [5.41, 5.74) is 0. The highest BCUT2D eigenvalue weighted by molar-refractivity contribution is 5.81. The molecule has 0 saturated heterocycles. The van der Waals surface area contributed by atoms with Crippen molar-refractivity contribution >= 4 is 5.91 Å². The molecule has 0 saturated carbocycles. The fourth-order valence-corrected chi connectivity index (χ4v) is 2.41. The van der Waals surface area contributed by atoms with Gasteiger partial charge in [-0.1, -0.05) is 6.92 Å². The van der Waals surface area contributed by atoms with Crippen LogP contribution in [0.25, 0.3) is 0 Å². The first-order valence-corrected chi connectivity index (χ1v) is 8.93. The third-order valence-electron chi connectivity index (χ3n) is 3.95. The van der Waals surface area contributed by atoms with Crippen molar-refractivity contribution in [3.05, 3.63) is 48.5 Å². The Morgan fingerprint density at radius 1 is 0.889 bits per heavy atom. The standard InChI is InChI=1S/C21H27NO5/c1-5-20(27-19-12-8-17(25-4)9-13-19)21(23)22-15(2)14-26-18-10-6-16(24-3)7-11-18/h6-13,15,20H,5,14H2,1-4H3,(H,22,23)/t15-,20+/m0/s1. The summed E-state index contributed by atoms with van der Waals surface area (Å²) in [7, 11) is 3.22. The summed E-state index contributed by atoms with van der Waals surface area (Å²) in [6, 6.07) is 14.3. The summed E-state index contributed by atoms with van der Waals surface area (Å²) in [5, 5.41) is 2.93. The molecular weight excluding hydrogens is 346 g/mol. The second-order valence-corrected chi connectivity index (χ2v) is 6.09. The molecule has 146 valence electrons. The first-order valence-electron chi connectivity index (χ1n) is 8.93. The molecule has 0 radical (unpaired) electrons. The van der Waals surface area contributed by atoms with Gasteiger partial charge in [-0.2, -0.15) is 0 Å². The van der Waals surface area contributed by atoms with Crippen molar-refractivity contribution in [2.24, 2.45) is 0 Å². The Labute approximate surface area is 160 Å². The molecule has 0 aromatic heterocycles. The van der Waals surface area contributed by atoms with E-state index >= 15 is 0 Å². The van der Waals surface area contributed by atoms with Crippen molar-refractivity contribution in [1.29, 1.82) is 0 Å². The number of methoxy groups -OCH3 is 2. The molecule has 2 rings (SSSR count). The molecule has 0 aliphatic carbocycles. The number of hydrogen-bond acceptors (Lipinski definition) is 5. The minimum Gasteiger partial charge on any atom is -0.497 e. The maximum absolute atomic E-state index is 12.5. The second kappa shape index (κ2) is 10.3. The number of benzene rings is 2. The van der Waals surface area contributed by atoms with Crippen LogP contribution in [0.4, 0.5) is 0 Å². The topological polar surface area (TPSA) is 66.0 Å². The zero-order chi connectivity index (χ0) is 19.6. The molecule has 6 heteroatoms. The highest BCUT2D eigenvalue weighted by Crippen LogP contribution is 2.19. The highest BCUT2D eigenvalue weighted by Gasteiger charge is 2.20. The Hall–Kier alpha value is -2.89. The lowest BCUT2D eigenvalue weighted by Gasteiger charge is -2.21. The van der Waals surface area contributed by atoms with Crippen LogP contribution in [0, 0.1) is 0 Å². The second-order valence-electron chi connectivity index (χ2n) is 6.09. The third kappa shape index (κ3) is 6.40. The smallest absolute Gasteiger partial charge is 0.261 e. The van der Waals surface area contributed by atoms with E-state index in [1.54, 1.807) is 38.5 Å². The molecule has 2 atom stereocenters. The van der Waals surface area contributed by atoms with Gasteiger partial charge in [0, 0.05) is 0 Å². The van der Waals surface area contributed by atoms with Crippen LogP contribution in [-0.4, -0.2) is 38.9 Å². The van der Waals surface area contributed by atoms with E-state index in [9.17, 15) is 4.79 Å². The Morgan fingerprint density at radius 3 is 1.85 bits per heavy atom. The summed E-state index contributed by atoms with van der Waals surface area (Å²) >= 11 is 0. The van der Waals surface area contributed by atoms with E-state index in [-0.39, 0.29) is 11.9 Å². The van der Waals surface area contributed by atoms with E-state index in [0.29, 0.717) is 18.8 Å². The number of rotatable bonds is 10. The molecule has 1 N–H and O–H groups in total. The molecule has 0 bridgehead atoms. The predicted octanol–water partition coefficient (Wildman–Crippen LogP) is 3.44. The summed E-state index contributed by atoms with van der Waals surface area (Å²) < 4.78 is 21.7. The SMILES string of the molecule is CC[C@@H](Oc1ccc(OC)cc1)C(=O)N[C@@H](C)COc1ccc(OC)cc1. The monoisotopic (exact) mass is 373 g/mol. The number of nitrogens with one attached hydrogen (secondary N) is 1. The van der Waals surface area contributed by atoms with Gasteiger partial charge in [0.05, 0.1) is 20.3 Å². The Bertz CT molecular complexity index is 700. The van der Waals surface area contributed by atoms with Crippen LogP contribution in [0.3, 0.4) is 0 Å². The minimum absolute atomic E-state index is 0.159. The van der Waals surface area contributed by atoms with Crippen molar-refractivity contribution in [2.45, 2.75) is 32.4 Å². The summed E-state index contributed by atoms with van der Waals surface area (Å²) in [6.45, 7) is 4.16. The largest absolute Gasteiger partial charge is 0.497 e. The molecule has 6 nitrogen and oxygen atoms in total. The molecule has 2 aromatic carbocycles. The molecule has 2 aromatic rings. The zero-order valence-electron chi connectivity index (χ0n) is 16.2. The average molecular weight is 373 g/mol. The van der Waals surface area contributed by atoms with Gasteiger partial charge in [-0.3, -0.25) is 4.79 Å². The Kier molecular flexibility index (Phi) is 7.79. The molecule has 0 aliphatic rings. The van der Waals surface area contributed by atoms with E-state index in [1.807, 2.05) is 38.1 Å². The summed E-state index contributed by atoms with van der Waals surface area (Å²) in [6.07, 6.45) is -0.00830. The predicted molar refractivity (Wildman–Crippen MR) is 104 cm³/mol. The number of ether oxygens (including phenoxy) is 4. The van der Waals surface area contributed by atoms with Crippen LogP contribution >= 0.6 is 0 Å². The summed E-state index contributed by atoms with van der Waals surface area (Å²) in [5.74, 6) is 2.69. The highest BCUT2D eigenvalue weighted by atomic mass is 16.5. The van der Waals surface area contributed by atoms with E-state index in [1.165, 1.54) is 0 Å². The van der Waals surface area contributed by atoms with Crippen LogP contribution in [-0.2, 0) is 4.79 Å². The maximum atomic E-state index is 12.5. The van der Waals surface area contributed by atoms with Gasteiger partial charge in [0.25, 0.3) is 5.91 Å². The van der Waals surface area contributed by atoms with Gasteiger partial charge in [0.1, 0.15) is 29.6 Å². The molecule has 0 fully saturated rings. The molecule has 1 amide bonds. The van der Waals surface area contributed by atoms with Crippen molar-refractivity contribution in [3.8, 4) is 23.0 Å². The zero-order valence-corrected chi connectivity index (χ0v) is 16.2. The fourth-order valence-electron chi connectivity index (χ4n) is 2.41. The van der Waals surface area contributed by atoms with E-state index in [0.717, 1.165) is 17.2 Å². The van der Waals surface area contributed by atoms with Gasteiger partial charge in [-0.05, 0) is 61.9 Å². The van der Waals surface area contributed by atoms with Crippen LogP contribution in [0.2, 0.25) is 0 Å². The van der Waals surface area contributed by atoms with Gasteiger partial charge in [-0.15, -0.1) is 0 Å². The van der Waals surface area contributed by atoms with Gasteiger partial charge in [-0.25, -0.2) is 0 Å². The molecule has 0 unspecified atom stereocenters. The number of hydrogen-bond donors (Lipinski definition) is 1. The van der Waals surface area contributed by atoms with Crippen molar-refractivity contribution < 1.29 is 23.7 Å². The average Bonchev–Trinajstić information content (AvgIpc) is 2.71. The van der Waals surface area contributed by atoms with Gasteiger partial charge < -0.3 is 24.3 Å². The lowest BCUT2D eigenvalue weighted by atomic mass is 10.2. The molecule has 0 aliphatic heterocycles. The first-order chi connectivity index (χ1) is 13.0. The lowest BCUT2D eigenvalue weighted by Crippen LogP contribution is -2.44. The number of amides is 1. The Morgan fingerprint density at radius 2 is 1.37 bits per heavy atom. The van der Waals surface area contributed by atoms with Crippen molar-refractivity contribution in [2.75, 3.05) is 20.8 Å². The number of carbonyl (C=O) groups excluding carboxylic acids is 1. The van der Waals surface area contributed by atoms with E-state index < -0.39 is 6.10 Å². The molecule has 0 spiro atoms. The van der Waals surface area contributed by atoms with Crippen LogP contribution in [0.5, 0.6) is 23.0 Å². The molecular formula is C21H27NO5. The molecule has 27 heavy (non-hydrogen) atoms. The van der Waals surface area contributed by atoms with Gasteiger partial charge in [0.15, 0.2) is 6.10 Å². The lowest BCUT2D eigenvalue weighted by molar-refractivity contribution is -0.128. The molecule has 0 heterocycles. The number of carbonyl (C=O) groups is 1. The van der Waals surface area contributed by atoms with Gasteiger partial charge >= 0.3 is 0 Å². The maximum Gasteiger partial charge on any atom is 0.261 e. The fraction of sp³-hybridized carbons (Fsp3) is 0.381.